The van der Waals surface area contributed by atoms with Crippen molar-refractivity contribution in [2.24, 2.45) is 23.7 Å². The van der Waals surface area contributed by atoms with Crippen LogP contribution in [0.2, 0.25) is 0 Å². The highest BCUT2D eigenvalue weighted by molar-refractivity contribution is 6.06. The van der Waals surface area contributed by atoms with Crippen molar-refractivity contribution in [3.8, 4) is 5.75 Å². The van der Waals surface area contributed by atoms with Gasteiger partial charge in [0.2, 0.25) is 5.79 Å². The monoisotopic (exact) mass is 547 g/mol. The van der Waals surface area contributed by atoms with Crippen LogP contribution in [0.3, 0.4) is 0 Å². The fourth-order valence-corrected chi connectivity index (χ4v) is 6.97. The first-order chi connectivity index (χ1) is 19.3. The Morgan fingerprint density at radius 3 is 2.55 bits per heavy atom. The summed E-state index contributed by atoms with van der Waals surface area (Å²) in [5.41, 5.74) is 0.833. The summed E-state index contributed by atoms with van der Waals surface area (Å²) in [7, 11) is 0. The molecule has 2 aromatic rings. The first kappa shape index (κ1) is 27.1. The Kier molecular flexibility index (Phi) is 7.29. The Labute approximate surface area is 234 Å². The van der Waals surface area contributed by atoms with E-state index in [0.717, 1.165) is 31.2 Å². The summed E-state index contributed by atoms with van der Waals surface area (Å²) in [6.07, 6.45) is 5.93. The highest BCUT2D eigenvalue weighted by atomic mass is 17.3. The molecule has 2 unspecified atom stereocenters. The summed E-state index contributed by atoms with van der Waals surface area (Å²) in [5, 5.41) is 3.01. The molecule has 7 rings (SSSR count). The first-order valence-electron chi connectivity index (χ1n) is 14.3. The van der Waals surface area contributed by atoms with Crippen molar-refractivity contribution in [3.63, 3.8) is 0 Å². The summed E-state index contributed by atoms with van der Waals surface area (Å²) >= 11 is 0. The lowest BCUT2D eigenvalue weighted by molar-refractivity contribution is -0.571. The number of hydrogen-bond donors (Lipinski definition) is 1. The van der Waals surface area contributed by atoms with Gasteiger partial charge in [-0.05, 0) is 73.9 Å². The van der Waals surface area contributed by atoms with Gasteiger partial charge in [0.1, 0.15) is 12.0 Å². The van der Waals surface area contributed by atoms with Crippen LogP contribution in [0.1, 0.15) is 62.4 Å². The molecular weight excluding hydrogens is 510 g/mol. The largest absolute Gasteiger partial charge is 0.484 e. The van der Waals surface area contributed by atoms with Gasteiger partial charge in [0.15, 0.2) is 24.3 Å². The molecule has 1 N–H and O–H groups in total. The molecule has 8 heteroatoms. The van der Waals surface area contributed by atoms with E-state index in [1.807, 2.05) is 37.3 Å². The summed E-state index contributed by atoms with van der Waals surface area (Å²) in [5.74, 6) is 0.118. The number of allylic oxidation sites excluding steroid dienone is 1. The van der Waals surface area contributed by atoms with Crippen molar-refractivity contribution < 1.29 is 33.6 Å². The Balaban J connectivity index is 1.06. The van der Waals surface area contributed by atoms with Crippen molar-refractivity contribution in [1.82, 2.24) is 5.32 Å². The van der Waals surface area contributed by atoms with Gasteiger partial charge in [0, 0.05) is 23.8 Å². The predicted octanol–water partition coefficient (Wildman–Crippen LogP) is 5.29. The molecule has 1 amide bonds. The summed E-state index contributed by atoms with van der Waals surface area (Å²) in [4.78, 5) is 37.4. The maximum Gasteiger partial charge on any atom is 0.259 e. The lowest BCUT2D eigenvalue weighted by atomic mass is 9.58. The second kappa shape index (κ2) is 10.7. The van der Waals surface area contributed by atoms with Crippen molar-refractivity contribution in [1.29, 1.82) is 0 Å². The number of rotatable bonds is 7. The van der Waals surface area contributed by atoms with Crippen molar-refractivity contribution in [2.75, 3.05) is 6.61 Å². The maximum absolute atomic E-state index is 12.9. The van der Waals surface area contributed by atoms with Crippen molar-refractivity contribution >= 4 is 17.8 Å². The number of benzene rings is 2. The van der Waals surface area contributed by atoms with Gasteiger partial charge in [-0.25, -0.2) is 9.78 Å². The average molecular weight is 548 g/mol. The van der Waals surface area contributed by atoms with E-state index in [9.17, 15) is 9.59 Å². The molecule has 2 aromatic carbocycles. The third-order valence-corrected chi connectivity index (χ3v) is 9.20. The minimum absolute atomic E-state index is 0.000840. The molecule has 4 saturated heterocycles. The van der Waals surface area contributed by atoms with E-state index >= 15 is 0 Å². The normalized spacial score (nSPS) is 36.5. The number of ketones is 1. The third-order valence-electron chi connectivity index (χ3n) is 9.20. The molecule has 1 spiro atoms. The lowest BCUT2D eigenvalue weighted by Gasteiger charge is -2.60. The third kappa shape index (κ3) is 4.98. The number of nitrogens with one attached hydrogen (secondary N) is 1. The van der Waals surface area contributed by atoms with Crippen LogP contribution in [-0.2, 0) is 24.0 Å². The fourth-order valence-electron chi connectivity index (χ4n) is 6.97. The van der Waals surface area contributed by atoms with E-state index in [4.69, 9.17) is 24.0 Å². The van der Waals surface area contributed by atoms with Crippen LogP contribution < -0.4 is 10.1 Å². The molecule has 4 heterocycles. The van der Waals surface area contributed by atoms with E-state index in [2.05, 4.69) is 19.2 Å². The van der Waals surface area contributed by atoms with Gasteiger partial charge in [0.05, 0.1) is 0 Å². The number of ether oxygens (including phenoxy) is 3. The number of fused-ring (bicyclic) bond motifs is 2. The van der Waals surface area contributed by atoms with E-state index in [1.165, 1.54) is 0 Å². The molecule has 2 bridgehead atoms. The number of hydrogen-bond acceptors (Lipinski definition) is 7. The Morgan fingerprint density at radius 2 is 1.77 bits per heavy atom. The van der Waals surface area contributed by atoms with Gasteiger partial charge < -0.3 is 19.5 Å². The highest BCUT2D eigenvalue weighted by Crippen LogP contribution is 2.60. The molecule has 212 valence electrons. The zero-order chi connectivity index (χ0) is 27.9. The van der Waals surface area contributed by atoms with E-state index in [-0.39, 0.29) is 36.1 Å². The second-order valence-corrected chi connectivity index (χ2v) is 11.8. The molecule has 1 aliphatic carbocycles. The first-order valence-corrected chi connectivity index (χ1v) is 14.3. The maximum atomic E-state index is 12.9. The lowest BCUT2D eigenvalue weighted by Crippen LogP contribution is -2.72. The molecule has 8 nitrogen and oxygen atoms in total. The predicted molar refractivity (Wildman–Crippen MR) is 147 cm³/mol. The molecular formula is C32H37NO7. The van der Waals surface area contributed by atoms with E-state index < -0.39 is 23.9 Å². The minimum Gasteiger partial charge on any atom is -0.484 e. The Hall–Kier alpha value is -3.04. The Morgan fingerprint density at radius 1 is 1.00 bits per heavy atom. The van der Waals surface area contributed by atoms with Crippen LogP contribution in [0.15, 0.2) is 60.7 Å². The van der Waals surface area contributed by atoms with Gasteiger partial charge in [-0.15, -0.1) is 0 Å². The molecule has 40 heavy (non-hydrogen) atoms. The molecule has 4 aliphatic heterocycles. The van der Waals surface area contributed by atoms with Gasteiger partial charge in [-0.2, -0.15) is 0 Å². The standard InChI is InChI=1S/C32H37NO7/c1-20-9-15-26-21(2)29(37-30-32(26)25(20)17-18-31(3,38-30)39-40-32)33-28(35)19-36-24-13-11-23(12-14-24)27(34)16-10-22-7-5-4-6-8-22/h4-8,10-14,16,20-21,25-26,29-30H,9,15,17-19H2,1-3H3,(H,33,35)/b16-10+/t20-,21-,25?,26?,29+,30-,31-,32-/m1/s1. The Bertz CT molecular complexity index is 1260. The average Bonchev–Trinajstić information content (AvgIpc) is 3.20. The smallest absolute Gasteiger partial charge is 0.259 e. The topological polar surface area (TPSA) is 92.3 Å². The molecule has 1 saturated carbocycles. The number of amides is 1. The SMILES string of the molecule is C[C@@H]1CCC2[C@@H](C)[C@@H](NC(=O)COc3ccc(C(=O)/C=C/c4ccccc4)cc3)O[C@@H]3O[C@@]4(C)CCC1[C@@]23OO4. The van der Waals surface area contributed by atoms with Gasteiger partial charge in [-0.3, -0.25) is 9.59 Å². The van der Waals surface area contributed by atoms with Crippen LogP contribution in [0, 0.1) is 23.7 Å². The highest BCUT2D eigenvalue weighted by Gasteiger charge is 2.69. The van der Waals surface area contributed by atoms with E-state index in [1.54, 1.807) is 36.4 Å². The van der Waals surface area contributed by atoms with Crippen LogP contribution >= 0.6 is 0 Å². The summed E-state index contributed by atoms with van der Waals surface area (Å²) < 4.78 is 18.5. The molecule has 5 fully saturated rings. The minimum atomic E-state index is -0.860. The molecule has 8 atom stereocenters. The number of carbonyl (C=O) groups excluding carboxylic acids is 2. The van der Waals surface area contributed by atoms with Gasteiger partial charge >= 0.3 is 0 Å². The van der Waals surface area contributed by atoms with Gasteiger partial charge in [-0.1, -0.05) is 50.3 Å². The van der Waals surface area contributed by atoms with Crippen LogP contribution in [0.5, 0.6) is 5.75 Å². The van der Waals surface area contributed by atoms with Gasteiger partial charge in [0.25, 0.3) is 5.91 Å². The van der Waals surface area contributed by atoms with Crippen molar-refractivity contribution in [2.45, 2.75) is 70.4 Å². The van der Waals surface area contributed by atoms with Crippen molar-refractivity contribution in [3.05, 3.63) is 71.8 Å². The second-order valence-electron chi connectivity index (χ2n) is 11.8. The van der Waals surface area contributed by atoms with Crippen LogP contribution in [-0.4, -0.2) is 42.2 Å². The fraction of sp³-hybridized carbons (Fsp3) is 0.500. The molecule has 5 aliphatic rings. The number of carbonyl (C=O) groups is 2. The summed E-state index contributed by atoms with van der Waals surface area (Å²) in [6.45, 7) is 6.08. The quantitative estimate of drug-likeness (QED) is 0.286. The zero-order valence-electron chi connectivity index (χ0n) is 23.2. The molecule has 0 aromatic heterocycles. The summed E-state index contributed by atoms with van der Waals surface area (Å²) in [6, 6.07) is 16.4. The van der Waals surface area contributed by atoms with Crippen LogP contribution in [0.25, 0.3) is 6.08 Å². The van der Waals surface area contributed by atoms with Crippen LogP contribution in [0.4, 0.5) is 0 Å². The zero-order valence-corrected chi connectivity index (χ0v) is 23.2. The van der Waals surface area contributed by atoms with E-state index in [0.29, 0.717) is 17.2 Å². The molecule has 0 radical (unpaired) electrons.